The third-order valence-electron chi connectivity index (χ3n) is 7.01. The summed E-state index contributed by atoms with van der Waals surface area (Å²) < 4.78 is 7.45. The molecule has 4 aromatic rings. The van der Waals surface area contributed by atoms with Gasteiger partial charge in [0.1, 0.15) is 5.75 Å². The molecule has 3 heterocycles. The number of tetrazole rings is 1. The van der Waals surface area contributed by atoms with E-state index in [1.54, 1.807) is 18.4 Å². The molecule has 0 aliphatic heterocycles. The predicted octanol–water partition coefficient (Wildman–Crippen LogP) is 5.24. The maximum Gasteiger partial charge on any atom is 0.252 e. The van der Waals surface area contributed by atoms with Crippen molar-refractivity contribution in [2.45, 2.75) is 70.6 Å². The highest BCUT2D eigenvalue weighted by atomic mass is 32.1. The maximum absolute atomic E-state index is 13.1. The van der Waals surface area contributed by atoms with Gasteiger partial charge in [-0.2, -0.15) is 0 Å². The first-order chi connectivity index (χ1) is 17.2. The van der Waals surface area contributed by atoms with E-state index in [1.165, 1.54) is 24.1 Å². The van der Waals surface area contributed by atoms with Gasteiger partial charge in [0.2, 0.25) is 0 Å². The van der Waals surface area contributed by atoms with E-state index in [-0.39, 0.29) is 11.6 Å². The van der Waals surface area contributed by atoms with Gasteiger partial charge in [-0.15, -0.1) is 16.4 Å². The van der Waals surface area contributed by atoms with Crippen LogP contribution in [0.15, 0.2) is 46.6 Å². The van der Waals surface area contributed by atoms with Crippen LogP contribution in [0.2, 0.25) is 0 Å². The molecule has 35 heavy (non-hydrogen) atoms. The molecule has 1 aliphatic rings. The molecular formula is C26H32N6O2S. The Morgan fingerprint density at radius 1 is 1.20 bits per heavy atom. The summed E-state index contributed by atoms with van der Waals surface area (Å²) >= 11 is 1.73. The number of nitrogens with one attached hydrogen (secondary N) is 1. The Hall–Kier alpha value is -3.04. The lowest BCUT2D eigenvalue weighted by Gasteiger charge is -2.31. The minimum atomic E-state index is -0.0689. The van der Waals surface area contributed by atoms with Gasteiger partial charge in [-0.05, 0) is 65.4 Å². The van der Waals surface area contributed by atoms with Crippen LogP contribution in [0.1, 0.15) is 73.8 Å². The second-order valence-electron chi connectivity index (χ2n) is 9.26. The van der Waals surface area contributed by atoms with Gasteiger partial charge in [0.15, 0.2) is 5.82 Å². The Morgan fingerprint density at radius 2 is 2.06 bits per heavy atom. The number of fused-ring (bicyclic) bond motifs is 1. The molecule has 1 fully saturated rings. The summed E-state index contributed by atoms with van der Waals surface area (Å²) in [6.07, 6.45) is 6.80. The molecule has 3 aromatic heterocycles. The fourth-order valence-corrected chi connectivity index (χ4v) is 5.91. The standard InChI is InChI=1S/C26H32N6O2S/c1-3-24(25-28-29-30-32(25)20-8-5-4-6-9-20)31(17-22-10-7-13-35-22)16-19-14-18-15-21(34-2)11-12-23(18)27-26(19)33/h7,10-15,20,24H,3-6,8-9,16-17H2,1-2H3,(H,27,33)/t24-/m1/s1. The Kier molecular flexibility index (Phi) is 7.24. The first-order valence-electron chi connectivity index (χ1n) is 12.4. The molecule has 9 heteroatoms. The third kappa shape index (κ3) is 5.16. The van der Waals surface area contributed by atoms with Crippen LogP contribution in [-0.4, -0.2) is 37.2 Å². The predicted molar refractivity (Wildman–Crippen MR) is 138 cm³/mol. The van der Waals surface area contributed by atoms with E-state index in [1.807, 2.05) is 24.3 Å². The zero-order valence-electron chi connectivity index (χ0n) is 20.3. The minimum Gasteiger partial charge on any atom is -0.497 e. The summed E-state index contributed by atoms with van der Waals surface area (Å²) in [4.78, 5) is 19.7. The van der Waals surface area contributed by atoms with Crippen molar-refractivity contribution in [3.63, 3.8) is 0 Å². The molecule has 0 bridgehead atoms. The largest absolute Gasteiger partial charge is 0.497 e. The molecule has 0 unspecified atom stereocenters. The number of aromatic amines is 1. The van der Waals surface area contributed by atoms with Gasteiger partial charge >= 0.3 is 0 Å². The summed E-state index contributed by atoms with van der Waals surface area (Å²) in [6, 6.07) is 12.2. The molecule has 0 saturated heterocycles. The van der Waals surface area contributed by atoms with Crippen molar-refractivity contribution in [1.82, 2.24) is 30.1 Å². The Morgan fingerprint density at radius 3 is 2.80 bits per heavy atom. The van der Waals surface area contributed by atoms with Crippen molar-refractivity contribution in [3.8, 4) is 5.75 Å². The van der Waals surface area contributed by atoms with Gasteiger partial charge in [0.25, 0.3) is 5.56 Å². The van der Waals surface area contributed by atoms with Crippen LogP contribution >= 0.6 is 11.3 Å². The number of thiophene rings is 1. The molecule has 0 radical (unpaired) electrons. The van der Waals surface area contributed by atoms with Crippen molar-refractivity contribution in [3.05, 3.63) is 68.4 Å². The zero-order chi connectivity index (χ0) is 24.2. The number of ether oxygens (including phenoxy) is 1. The third-order valence-corrected chi connectivity index (χ3v) is 7.87. The SMILES string of the molecule is CC[C@H](c1nnnn1C1CCCCC1)N(Cc1cccs1)Cc1cc2cc(OC)ccc2[nH]c1=O. The van der Waals surface area contributed by atoms with Crippen molar-refractivity contribution >= 4 is 22.2 Å². The number of aromatic nitrogens is 5. The van der Waals surface area contributed by atoms with Gasteiger partial charge in [-0.1, -0.05) is 32.3 Å². The van der Waals surface area contributed by atoms with Crippen LogP contribution in [-0.2, 0) is 13.1 Å². The van der Waals surface area contributed by atoms with Crippen LogP contribution in [0.3, 0.4) is 0 Å². The van der Waals surface area contributed by atoms with Gasteiger partial charge in [0, 0.05) is 34.4 Å². The number of pyridine rings is 1. The summed E-state index contributed by atoms with van der Waals surface area (Å²) in [6.45, 7) is 3.39. The van der Waals surface area contributed by atoms with Crippen LogP contribution in [0.4, 0.5) is 0 Å². The quantitative estimate of drug-likeness (QED) is 0.344. The lowest BCUT2D eigenvalue weighted by Crippen LogP contribution is -2.33. The lowest BCUT2D eigenvalue weighted by atomic mass is 9.95. The molecule has 8 nitrogen and oxygen atoms in total. The molecule has 1 aromatic carbocycles. The number of H-pyrrole nitrogens is 1. The fraction of sp³-hybridized carbons (Fsp3) is 0.462. The Balaban J connectivity index is 1.51. The highest BCUT2D eigenvalue weighted by molar-refractivity contribution is 7.09. The van der Waals surface area contributed by atoms with Gasteiger partial charge in [-0.25, -0.2) is 4.68 Å². The number of rotatable bonds is 9. The average molecular weight is 493 g/mol. The van der Waals surface area contributed by atoms with E-state index in [4.69, 9.17) is 4.74 Å². The van der Waals surface area contributed by atoms with Crippen molar-refractivity contribution in [2.24, 2.45) is 0 Å². The fourth-order valence-electron chi connectivity index (χ4n) is 5.18. The number of hydrogen-bond donors (Lipinski definition) is 1. The Labute approximate surface area is 208 Å². The monoisotopic (exact) mass is 492 g/mol. The van der Waals surface area contributed by atoms with Crippen LogP contribution < -0.4 is 10.3 Å². The number of methoxy groups -OCH3 is 1. The van der Waals surface area contributed by atoms with Crippen LogP contribution in [0, 0.1) is 0 Å². The number of benzene rings is 1. The molecule has 1 N–H and O–H groups in total. The maximum atomic E-state index is 13.1. The topological polar surface area (TPSA) is 88.9 Å². The average Bonchev–Trinajstić information content (AvgIpc) is 3.58. The van der Waals surface area contributed by atoms with Gasteiger partial charge in [-0.3, -0.25) is 9.69 Å². The molecule has 1 atom stereocenters. The van der Waals surface area contributed by atoms with Crippen molar-refractivity contribution in [1.29, 1.82) is 0 Å². The number of nitrogens with zero attached hydrogens (tertiary/aromatic N) is 5. The molecule has 0 spiro atoms. The van der Waals surface area contributed by atoms with E-state index < -0.39 is 0 Å². The van der Waals surface area contributed by atoms with E-state index in [0.29, 0.717) is 12.6 Å². The van der Waals surface area contributed by atoms with E-state index in [0.717, 1.165) is 53.8 Å². The summed E-state index contributed by atoms with van der Waals surface area (Å²) in [7, 11) is 1.65. The summed E-state index contributed by atoms with van der Waals surface area (Å²) in [5, 5.41) is 16.1. The van der Waals surface area contributed by atoms with E-state index >= 15 is 0 Å². The molecule has 1 saturated carbocycles. The second kappa shape index (κ2) is 10.7. The lowest BCUT2D eigenvalue weighted by molar-refractivity contribution is 0.157. The highest BCUT2D eigenvalue weighted by Gasteiger charge is 2.29. The van der Waals surface area contributed by atoms with Crippen molar-refractivity contribution < 1.29 is 4.74 Å². The normalized spacial score (nSPS) is 15.6. The minimum absolute atomic E-state index is 0.00515. The summed E-state index contributed by atoms with van der Waals surface area (Å²) in [5.41, 5.74) is 1.45. The molecular weight excluding hydrogens is 460 g/mol. The molecule has 184 valence electrons. The molecule has 0 amide bonds. The second-order valence-corrected chi connectivity index (χ2v) is 10.3. The van der Waals surface area contributed by atoms with E-state index in [9.17, 15) is 4.79 Å². The van der Waals surface area contributed by atoms with Crippen LogP contribution in [0.5, 0.6) is 5.75 Å². The smallest absolute Gasteiger partial charge is 0.252 e. The van der Waals surface area contributed by atoms with Crippen LogP contribution in [0.25, 0.3) is 10.9 Å². The van der Waals surface area contributed by atoms with Gasteiger partial charge < -0.3 is 9.72 Å². The molecule has 1 aliphatic carbocycles. The molecule has 5 rings (SSSR count). The first kappa shape index (κ1) is 23.7. The number of hydrogen-bond acceptors (Lipinski definition) is 7. The highest BCUT2D eigenvalue weighted by Crippen LogP contribution is 2.33. The Bertz CT molecular complexity index is 1310. The van der Waals surface area contributed by atoms with E-state index in [2.05, 4.69) is 54.5 Å². The van der Waals surface area contributed by atoms with Crippen molar-refractivity contribution in [2.75, 3.05) is 7.11 Å². The van der Waals surface area contributed by atoms with Gasteiger partial charge in [0.05, 0.1) is 19.2 Å². The first-order valence-corrected chi connectivity index (χ1v) is 13.3. The summed E-state index contributed by atoms with van der Waals surface area (Å²) in [5.74, 6) is 1.67. The zero-order valence-corrected chi connectivity index (χ0v) is 21.1.